The molecule has 0 spiro atoms. The average molecular weight is 524 g/mol. The molecule has 37 heavy (non-hydrogen) atoms. The normalized spacial score (nSPS) is 29.0. The summed E-state index contributed by atoms with van der Waals surface area (Å²) in [4.78, 5) is 39.8. The van der Waals surface area contributed by atoms with Crippen molar-refractivity contribution in [1.82, 2.24) is 0 Å². The Bertz CT molecular complexity index is 1420. The van der Waals surface area contributed by atoms with Crippen LogP contribution in [0.2, 0.25) is 0 Å². The number of hydrogen-bond acceptors (Lipinski definition) is 10. The number of carbonyl (C=O) groups excluding carboxylic acids is 3. The zero-order valence-corrected chi connectivity index (χ0v) is 20.2. The van der Waals surface area contributed by atoms with Crippen LogP contribution in [-0.4, -0.2) is 55.3 Å². The first-order chi connectivity index (χ1) is 17.5. The summed E-state index contributed by atoms with van der Waals surface area (Å²) in [5.41, 5.74) is 14.3. The van der Waals surface area contributed by atoms with Gasteiger partial charge in [0.05, 0.1) is 11.6 Å². The standard InChI is InChI=1S/C26H25N3O7S/c27-14-6-7-15(30)18-16(14)12(9-37-10-4-2-1-3-5-10)11-8-13-20(28)22(32)19(25(29)35)24(34)26(13,36)23(33)17(11)21(18)31/h1-7,11-13,20,30,32-33,36H,8-9,27-28H2,(H2,29,35)/t11-,12-,13+,20+,26+/m1/s1. The topological polar surface area (TPSA) is 210 Å². The van der Waals surface area contributed by atoms with Gasteiger partial charge in [0.2, 0.25) is 5.78 Å². The lowest BCUT2D eigenvalue weighted by atomic mass is 9.56. The van der Waals surface area contributed by atoms with Crippen LogP contribution in [0.5, 0.6) is 5.75 Å². The van der Waals surface area contributed by atoms with E-state index in [2.05, 4.69) is 0 Å². The highest BCUT2D eigenvalue weighted by atomic mass is 32.2. The van der Waals surface area contributed by atoms with E-state index in [4.69, 9.17) is 17.2 Å². The fourth-order valence-electron chi connectivity index (χ4n) is 5.84. The molecule has 0 fully saturated rings. The Labute approximate surface area is 215 Å². The van der Waals surface area contributed by atoms with Crippen molar-refractivity contribution in [2.45, 2.75) is 28.9 Å². The molecule has 3 aliphatic carbocycles. The monoisotopic (exact) mass is 523 g/mol. The van der Waals surface area contributed by atoms with Gasteiger partial charge in [0.15, 0.2) is 11.4 Å². The van der Waals surface area contributed by atoms with E-state index in [1.54, 1.807) is 0 Å². The van der Waals surface area contributed by atoms with Gasteiger partial charge in [-0.2, -0.15) is 0 Å². The molecule has 0 heterocycles. The minimum Gasteiger partial charge on any atom is -0.510 e. The van der Waals surface area contributed by atoms with Gasteiger partial charge in [0.25, 0.3) is 5.91 Å². The van der Waals surface area contributed by atoms with Crippen molar-refractivity contribution >= 4 is 34.9 Å². The van der Waals surface area contributed by atoms with Gasteiger partial charge >= 0.3 is 0 Å². The average Bonchev–Trinajstić information content (AvgIpc) is 2.86. The first kappa shape index (κ1) is 24.9. The molecule has 0 aliphatic heterocycles. The summed E-state index contributed by atoms with van der Waals surface area (Å²) < 4.78 is 0. The van der Waals surface area contributed by atoms with Gasteiger partial charge in [0, 0.05) is 33.7 Å². The van der Waals surface area contributed by atoms with Gasteiger partial charge in [0.1, 0.15) is 22.8 Å². The number of phenols is 1. The van der Waals surface area contributed by atoms with Crippen LogP contribution in [-0.2, 0) is 9.59 Å². The van der Waals surface area contributed by atoms with Gasteiger partial charge < -0.3 is 37.6 Å². The van der Waals surface area contributed by atoms with E-state index in [1.807, 2.05) is 30.3 Å². The van der Waals surface area contributed by atoms with E-state index >= 15 is 0 Å². The van der Waals surface area contributed by atoms with Gasteiger partial charge in [-0.05, 0) is 42.2 Å². The second kappa shape index (κ2) is 8.65. The van der Waals surface area contributed by atoms with E-state index in [-0.39, 0.29) is 29.0 Å². The van der Waals surface area contributed by atoms with E-state index in [0.717, 1.165) is 4.90 Å². The summed E-state index contributed by atoms with van der Waals surface area (Å²) in [5.74, 6) is -7.78. The molecule has 0 saturated carbocycles. The number of aromatic hydroxyl groups is 1. The number of hydrogen-bond donors (Lipinski definition) is 7. The molecule has 192 valence electrons. The molecule has 0 bridgehead atoms. The van der Waals surface area contributed by atoms with Crippen molar-refractivity contribution < 1.29 is 34.8 Å². The van der Waals surface area contributed by atoms with Crippen molar-refractivity contribution in [2.24, 2.45) is 23.3 Å². The van der Waals surface area contributed by atoms with E-state index < -0.39 is 64.0 Å². The second-order valence-electron chi connectivity index (χ2n) is 9.48. The van der Waals surface area contributed by atoms with E-state index in [9.17, 15) is 34.8 Å². The van der Waals surface area contributed by atoms with Crippen LogP contribution in [0.25, 0.3) is 0 Å². The Hall–Kier alpha value is -3.80. The molecular formula is C26H25N3O7S. The summed E-state index contributed by atoms with van der Waals surface area (Å²) in [6.45, 7) is 0. The zero-order chi connectivity index (χ0) is 26.8. The van der Waals surface area contributed by atoms with Crippen molar-refractivity contribution in [3.8, 4) is 5.75 Å². The van der Waals surface area contributed by atoms with Crippen LogP contribution in [0.1, 0.15) is 28.3 Å². The maximum atomic E-state index is 13.7. The molecule has 0 unspecified atom stereocenters. The lowest BCUT2D eigenvalue weighted by molar-refractivity contribution is -0.145. The molecule has 0 radical (unpaired) electrons. The Morgan fingerprint density at radius 1 is 1.08 bits per heavy atom. The molecule has 5 rings (SSSR count). The number of allylic oxidation sites excluding steroid dienone is 1. The number of anilines is 1. The number of ketones is 2. The number of benzene rings is 2. The minimum absolute atomic E-state index is 0.0980. The highest BCUT2D eigenvalue weighted by molar-refractivity contribution is 7.99. The van der Waals surface area contributed by atoms with Crippen LogP contribution in [0.15, 0.2) is 70.0 Å². The molecule has 3 aliphatic rings. The first-order valence-electron chi connectivity index (χ1n) is 11.5. The number of phenolic OH excluding ortho intramolecular Hbond substituents is 1. The largest absolute Gasteiger partial charge is 0.510 e. The van der Waals surface area contributed by atoms with E-state index in [1.165, 1.54) is 23.9 Å². The molecular weight excluding hydrogens is 498 g/mol. The number of aliphatic hydroxyl groups excluding tert-OH is 2. The number of nitrogens with two attached hydrogens (primary N) is 3. The number of nitrogen functional groups attached to an aromatic ring is 1. The molecule has 0 saturated heterocycles. The zero-order valence-electron chi connectivity index (χ0n) is 19.4. The van der Waals surface area contributed by atoms with Crippen molar-refractivity contribution in [1.29, 1.82) is 0 Å². The third-order valence-electron chi connectivity index (χ3n) is 7.61. The lowest BCUT2D eigenvalue weighted by Gasteiger charge is -2.49. The minimum atomic E-state index is -2.76. The number of amides is 1. The molecule has 2 aromatic rings. The predicted molar refractivity (Wildman–Crippen MR) is 135 cm³/mol. The predicted octanol–water partition coefficient (Wildman–Crippen LogP) is 1.43. The van der Waals surface area contributed by atoms with Gasteiger partial charge in [-0.15, -0.1) is 11.8 Å². The first-order valence-corrected chi connectivity index (χ1v) is 12.5. The lowest BCUT2D eigenvalue weighted by Crippen LogP contribution is -2.63. The number of carbonyl (C=O) groups is 3. The van der Waals surface area contributed by atoms with Crippen molar-refractivity contribution in [2.75, 3.05) is 11.5 Å². The summed E-state index contributed by atoms with van der Waals surface area (Å²) in [6.07, 6.45) is -0.0980. The van der Waals surface area contributed by atoms with Crippen LogP contribution >= 0.6 is 11.8 Å². The fourth-order valence-corrected chi connectivity index (χ4v) is 6.97. The maximum Gasteiger partial charge on any atom is 0.255 e. The van der Waals surface area contributed by atoms with Crippen molar-refractivity contribution in [3.63, 3.8) is 0 Å². The molecule has 1 amide bonds. The Morgan fingerprint density at radius 2 is 1.76 bits per heavy atom. The van der Waals surface area contributed by atoms with Crippen LogP contribution < -0.4 is 17.2 Å². The summed E-state index contributed by atoms with van der Waals surface area (Å²) in [7, 11) is 0. The maximum absolute atomic E-state index is 13.7. The molecule has 0 aromatic heterocycles. The van der Waals surface area contributed by atoms with Gasteiger partial charge in [-0.1, -0.05) is 18.2 Å². The number of aliphatic hydroxyl groups is 3. The quantitative estimate of drug-likeness (QED) is 0.133. The highest BCUT2D eigenvalue weighted by Crippen LogP contribution is 2.56. The summed E-state index contributed by atoms with van der Waals surface area (Å²) >= 11 is 1.46. The SMILES string of the molecule is NC(=O)C1=C(O)[C@@H](N)[C@@H]2C[C@H]3C(=C(O)[C@]2(O)C1=O)C(=O)c1c(O)ccc(N)c1[C@@H]3CSc1ccccc1. The van der Waals surface area contributed by atoms with Crippen LogP contribution in [0.3, 0.4) is 0 Å². The molecule has 2 aromatic carbocycles. The van der Waals surface area contributed by atoms with Crippen LogP contribution in [0, 0.1) is 11.8 Å². The fraction of sp³-hybridized carbons (Fsp3) is 0.269. The Kier molecular flexibility index (Phi) is 5.81. The number of Topliss-reactive ketones (excluding diaryl/α,β-unsaturated/α-hetero) is 2. The number of fused-ring (bicyclic) bond motifs is 3. The molecule has 5 atom stereocenters. The number of primary amides is 1. The molecule has 11 heteroatoms. The third kappa shape index (κ3) is 3.45. The Balaban J connectivity index is 1.71. The van der Waals surface area contributed by atoms with Crippen LogP contribution in [0.4, 0.5) is 5.69 Å². The summed E-state index contributed by atoms with van der Waals surface area (Å²) in [5, 5.41) is 44.0. The molecule has 10 nitrogen and oxygen atoms in total. The van der Waals surface area contributed by atoms with E-state index in [0.29, 0.717) is 11.3 Å². The third-order valence-corrected chi connectivity index (χ3v) is 8.75. The second-order valence-corrected chi connectivity index (χ2v) is 10.6. The van der Waals surface area contributed by atoms with Gasteiger partial charge in [-0.25, -0.2) is 0 Å². The Morgan fingerprint density at radius 3 is 2.41 bits per heavy atom. The number of thioether (sulfide) groups is 1. The smallest absolute Gasteiger partial charge is 0.255 e. The number of rotatable bonds is 4. The molecule has 10 N–H and O–H groups in total. The summed E-state index contributed by atoms with van der Waals surface area (Å²) in [6, 6.07) is 10.8. The van der Waals surface area contributed by atoms with Crippen molar-refractivity contribution in [3.05, 3.63) is 76.3 Å². The highest BCUT2D eigenvalue weighted by Gasteiger charge is 2.63. The van der Waals surface area contributed by atoms with Gasteiger partial charge in [-0.3, -0.25) is 14.4 Å².